The van der Waals surface area contributed by atoms with Crippen molar-refractivity contribution in [1.82, 2.24) is 15.0 Å². The zero-order valence-electron chi connectivity index (χ0n) is 10.2. The molecular weight excluding hydrogens is 337 g/mol. The Morgan fingerprint density at radius 1 is 1.26 bits per heavy atom. The average molecular weight is 347 g/mol. The van der Waals surface area contributed by atoms with Gasteiger partial charge in [-0.25, -0.2) is 4.39 Å². The lowest BCUT2D eigenvalue weighted by Crippen LogP contribution is -2.14. The van der Waals surface area contributed by atoms with Crippen LogP contribution in [0.4, 0.5) is 22.0 Å². The summed E-state index contributed by atoms with van der Waals surface area (Å²) in [6.45, 7) is 0. The fourth-order valence-electron chi connectivity index (χ4n) is 1.31. The normalized spacial score (nSPS) is 10.4. The van der Waals surface area contributed by atoms with Crippen LogP contribution in [0, 0.1) is 5.82 Å². The van der Waals surface area contributed by atoms with Gasteiger partial charge in [-0.05, 0) is 45.7 Å². The van der Waals surface area contributed by atoms with Gasteiger partial charge in [0.2, 0.25) is 17.2 Å². The fraction of sp³-hybridized carbons (Fsp3) is 0.182. The van der Waals surface area contributed by atoms with Crippen LogP contribution in [0.5, 0.6) is 0 Å². The molecule has 2 rings (SSSR count). The van der Waals surface area contributed by atoms with Crippen molar-refractivity contribution in [1.29, 1.82) is 0 Å². The molecule has 0 fully saturated rings. The van der Waals surface area contributed by atoms with E-state index in [9.17, 15) is 4.39 Å². The number of hydrogen-bond donors (Lipinski definition) is 1. The molecule has 0 saturated heterocycles. The molecule has 0 bridgehead atoms. The van der Waals surface area contributed by atoms with Gasteiger partial charge in [-0.15, -0.1) is 0 Å². The van der Waals surface area contributed by atoms with Crippen molar-refractivity contribution < 1.29 is 4.39 Å². The van der Waals surface area contributed by atoms with Gasteiger partial charge in [0.25, 0.3) is 0 Å². The minimum atomic E-state index is -0.333. The van der Waals surface area contributed by atoms with Crippen LogP contribution in [0.15, 0.2) is 22.7 Å². The molecule has 0 radical (unpaired) electrons. The Bertz CT molecular complexity index is 608. The summed E-state index contributed by atoms with van der Waals surface area (Å²) >= 11 is 9.08. The highest BCUT2D eigenvalue weighted by Gasteiger charge is 2.08. The Labute approximate surface area is 123 Å². The lowest BCUT2D eigenvalue weighted by molar-refractivity contribution is 0.627. The number of anilines is 3. The highest BCUT2D eigenvalue weighted by Crippen LogP contribution is 2.26. The van der Waals surface area contributed by atoms with Gasteiger partial charge in [-0.1, -0.05) is 0 Å². The SMILES string of the molecule is CN(C)c1nc(Cl)nc(Nc2ccc(F)cc2Br)n1. The minimum absolute atomic E-state index is 0.0828. The molecule has 1 N–H and O–H groups in total. The summed E-state index contributed by atoms with van der Waals surface area (Å²) in [5.41, 5.74) is 0.633. The average Bonchev–Trinajstić information content (AvgIpc) is 2.32. The second kappa shape index (κ2) is 5.66. The summed E-state index contributed by atoms with van der Waals surface area (Å²) in [7, 11) is 3.59. The van der Waals surface area contributed by atoms with Gasteiger partial charge in [-0.3, -0.25) is 0 Å². The molecule has 0 aliphatic heterocycles. The number of halogens is 3. The number of aromatic nitrogens is 3. The Balaban J connectivity index is 2.32. The Morgan fingerprint density at radius 3 is 2.63 bits per heavy atom. The first-order chi connectivity index (χ1) is 8.95. The van der Waals surface area contributed by atoms with Gasteiger partial charge in [-0.2, -0.15) is 15.0 Å². The Hall–Kier alpha value is -1.47. The highest BCUT2D eigenvalue weighted by atomic mass is 79.9. The van der Waals surface area contributed by atoms with Gasteiger partial charge in [0, 0.05) is 18.6 Å². The van der Waals surface area contributed by atoms with Crippen LogP contribution in [0.25, 0.3) is 0 Å². The van der Waals surface area contributed by atoms with Gasteiger partial charge < -0.3 is 10.2 Å². The van der Waals surface area contributed by atoms with E-state index in [4.69, 9.17) is 11.6 Å². The Morgan fingerprint density at radius 2 is 2.00 bits per heavy atom. The summed E-state index contributed by atoms with van der Waals surface area (Å²) in [6, 6.07) is 4.26. The molecule has 0 aliphatic rings. The zero-order chi connectivity index (χ0) is 14.0. The summed E-state index contributed by atoms with van der Waals surface area (Å²) in [6.07, 6.45) is 0. The molecule has 0 amide bonds. The number of nitrogens with one attached hydrogen (secondary N) is 1. The quantitative estimate of drug-likeness (QED) is 0.924. The van der Waals surface area contributed by atoms with Gasteiger partial charge in [0.05, 0.1) is 5.69 Å². The second-order valence-electron chi connectivity index (χ2n) is 3.87. The van der Waals surface area contributed by atoms with Crippen LogP contribution < -0.4 is 10.2 Å². The predicted molar refractivity (Wildman–Crippen MR) is 76.5 cm³/mol. The van der Waals surface area contributed by atoms with Gasteiger partial charge in [0.15, 0.2) is 0 Å². The van der Waals surface area contributed by atoms with E-state index in [0.717, 1.165) is 0 Å². The third kappa shape index (κ3) is 3.51. The topological polar surface area (TPSA) is 53.9 Å². The van der Waals surface area contributed by atoms with Crippen molar-refractivity contribution in [2.24, 2.45) is 0 Å². The minimum Gasteiger partial charge on any atom is -0.347 e. The van der Waals surface area contributed by atoms with Crippen molar-refractivity contribution in [3.05, 3.63) is 33.8 Å². The molecule has 2 aromatic rings. The third-order valence-electron chi connectivity index (χ3n) is 2.17. The smallest absolute Gasteiger partial charge is 0.233 e. The third-order valence-corrected chi connectivity index (χ3v) is 3.00. The predicted octanol–water partition coefficient (Wildman–Crippen LogP) is 3.24. The maximum atomic E-state index is 13.0. The molecule has 0 unspecified atom stereocenters. The molecule has 1 aromatic heterocycles. The fourth-order valence-corrected chi connectivity index (χ4v) is 1.91. The molecule has 0 saturated carbocycles. The van der Waals surface area contributed by atoms with E-state index in [1.165, 1.54) is 12.1 Å². The highest BCUT2D eigenvalue weighted by molar-refractivity contribution is 9.10. The summed E-state index contributed by atoms with van der Waals surface area (Å²) in [5, 5.41) is 3.03. The largest absolute Gasteiger partial charge is 0.347 e. The van der Waals surface area contributed by atoms with Crippen molar-refractivity contribution in [2.75, 3.05) is 24.3 Å². The van der Waals surface area contributed by atoms with Crippen LogP contribution in [0.1, 0.15) is 0 Å². The van der Waals surface area contributed by atoms with E-state index in [0.29, 0.717) is 16.1 Å². The molecular formula is C11H10BrClFN5. The monoisotopic (exact) mass is 345 g/mol. The summed E-state index contributed by atoms with van der Waals surface area (Å²) < 4.78 is 13.6. The molecule has 8 heteroatoms. The number of rotatable bonds is 3. The molecule has 1 heterocycles. The molecule has 0 atom stereocenters. The van der Waals surface area contributed by atoms with Gasteiger partial charge >= 0.3 is 0 Å². The van der Waals surface area contributed by atoms with Crippen LogP contribution in [0.3, 0.4) is 0 Å². The number of benzene rings is 1. The van der Waals surface area contributed by atoms with Crippen LogP contribution in [-0.2, 0) is 0 Å². The van der Waals surface area contributed by atoms with Crippen LogP contribution >= 0.6 is 27.5 Å². The molecule has 19 heavy (non-hydrogen) atoms. The van der Waals surface area contributed by atoms with E-state index in [-0.39, 0.29) is 17.0 Å². The molecule has 1 aromatic carbocycles. The van der Waals surface area contributed by atoms with Crippen molar-refractivity contribution in [3.8, 4) is 0 Å². The number of nitrogens with zero attached hydrogens (tertiary/aromatic N) is 4. The summed E-state index contributed by atoms with van der Waals surface area (Å²) in [5.74, 6) is 0.386. The lowest BCUT2D eigenvalue weighted by atomic mass is 10.3. The van der Waals surface area contributed by atoms with Gasteiger partial charge in [0.1, 0.15) is 5.82 Å². The standard InChI is InChI=1S/C11H10BrClFN5/c1-19(2)11-17-9(13)16-10(18-11)15-8-4-3-6(14)5-7(8)12/h3-5H,1-2H3,(H,15,16,17,18). The first kappa shape index (κ1) is 14.0. The van der Waals surface area contributed by atoms with E-state index in [1.54, 1.807) is 25.1 Å². The summed E-state index contributed by atoms with van der Waals surface area (Å²) in [4.78, 5) is 13.8. The van der Waals surface area contributed by atoms with Crippen LogP contribution in [-0.4, -0.2) is 29.0 Å². The molecule has 100 valence electrons. The van der Waals surface area contributed by atoms with Crippen molar-refractivity contribution in [3.63, 3.8) is 0 Å². The maximum Gasteiger partial charge on any atom is 0.233 e. The van der Waals surface area contributed by atoms with E-state index >= 15 is 0 Å². The zero-order valence-corrected chi connectivity index (χ0v) is 12.5. The first-order valence-corrected chi connectivity index (χ1v) is 6.44. The Kier molecular flexibility index (Phi) is 4.16. The van der Waals surface area contributed by atoms with E-state index in [1.807, 2.05) is 0 Å². The maximum absolute atomic E-state index is 13.0. The molecule has 5 nitrogen and oxygen atoms in total. The van der Waals surface area contributed by atoms with Crippen LogP contribution in [0.2, 0.25) is 5.28 Å². The first-order valence-electron chi connectivity index (χ1n) is 5.26. The lowest BCUT2D eigenvalue weighted by Gasteiger charge is -2.12. The molecule has 0 spiro atoms. The van der Waals surface area contributed by atoms with Crippen molar-refractivity contribution in [2.45, 2.75) is 0 Å². The van der Waals surface area contributed by atoms with E-state index in [2.05, 4.69) is 36.2 Å². The van der Waals surface area contributed by atoms with E-state index < -0.39 is 0 Å². The number of hydrogen-bond acceptors (Lipinski definition) is 5. The van der Waals surface area contributed by atoms with Crippen molar-refractivity contribution >= 4 is 45.1 Å². The molecule has 0 aliphatic carbocycles. The second-order valence-corrected chi connectivity index (χ2v) is 5.06.